The summed E-state index contributed by atoms with van der Waals surface area (Å²) in [4.78, 5) is 12.3. The molecule has 0 aliphatic heterocycles. The van der Waals surface area contributed by atoms with Crippen LogP contribution in [0.15, 0.2) is 48.5 Å². The van der Waals surface area contributed by atoms with Crippen molar-refractivity contribution >= 4 is 34.6 Å². The summed E-state index contributed by atoms with van der Waals surface area (Å²) in [5.74, 6) is -0.454. The molecule has 6 heteroatoms. The van der Waals surface area contributed by atoms with E-state index in [1.165, 1.54) is 12.1 Å². The fourth-order valence-corrected chi connectivity index (χ4v) is 2.31. The number of nitrogens with one attached hydrogen (secondary N) is 3. The molecule has 3 N–H and O–H groups in total. The maximum Gasteiger partial charge on any atom is 0.253 e. The lowest BCUT2D eigenvalue weighted by Crippen LogP contribution is -2.27. The van der Waals surface area contributed by atoms with Crippen LogP contribution in [0.4, 0.5) is 15.8 Å². The first kappa shape index (κ1) is 17.9. The van der Waals surface area contributed by atoms with Crippen molar-refractivity contribution in [2.75, 3.05) is 17.2 Å². The lowest BCUT2D eigenvalue weighted by atomic mass is 10.1. The maximum atomic E-state index is 12.9. The topological polar surface area (TPSA) is 53.2 Å². The molecule has 0 aliphatic carbocycles. The molecule has 24 heavy (non-hydrogen) atoms. The van der Waals surface area contributed by atoms with Gasteiger partial charge in [0.1, 0.15) is 5.82 Å². The summed E-state index contributed by atoms with van der Waals surface area (Å²) in [5, 5.41) is 9.18. The molecule has 0 bridgehead atoms. The number of para-hydroxylation sites is 1. The van der Waals surface area contributed by atoms with E-state index >= 15 is 0 Å². The first-order chi connectivity index (χ1) is 11.6. The van der Waals surface area contributed by atoms with Crippen LogP contribution in [0.5, 0.6) is 0 Å². The smallest absolute Gasteiger partial charge is 0.253 e. The van der Waals surface area contributed by atoms with E-state index in [1.807, 2.05) is 6.07 Å². The molecule has 0 aliphatic rings. The van der Waals surface area contributed by atoms with Gasteiger partial charge in [-0.3, -0.25) is 4.79 Å². The molecule has 2 rings (SSSR count). The van der Waals surface area contributed by atoms with Gasteiger partial charge in [-0.1, -0.05) is 25.5 Å². The van der Waals surface area contributed by atoms with Gasteiger partial charge in [0.05, 0.1) is 11.3 Å². The summed E-state index contributed by atoms with van der Waals surface area (Å²) in [6.07, 6.45) is 1.96. The number of halogens is 1. The second-order valence-electron chi connectivity index (χ2n) is 5.24. The van der Waals surface area contributed by atoms with Crippen LogP contribution in [0, 0.1) is 5.82 Å². The Morgan fingerprint density at radius 2 is 1.79 bits per heavy atom. The quantitative estimate of drug-likeness (QED) is 0.543. The van der Waals surface area contributed by atoms with E-state index in [1.54, 1.807) is 30.3 Å². The minimum Gasteiger partial charge on any atom is -0.352 e. The van der Waals surface area contributed by atoms with Crippen molar-refractivity contribution in [1.82, 2.24) is 5.32 Å². The zero-order valence-corrected chi connectivity index (χ0v) is 14.3. The molecule has 0 spiro atoms. The van der Waals surface area contributed by atoms with Crippen LogP contribution in [-0.4, -0.2) is 17.6 Å². The molecule has 0 unspecified atom stereocenters. The summed E-state index contributed by atoms with van der Waals surface area (Å²) in [5.41, 5.74) is 1.81. The first-order valence-corrected chi connectivity index (χ1v) is 8.21. The van der Waals surface area contributed by atoms with Crippen molar-refractivity contribution in [3.05, 3.63) is 59.9 Å². The van der Waals surface area contributed by atoms with Gasteiger partial charge in [0.15, 0.2) is 5.11 Å². The van der Waals surface area contributed by atoms with Crippen molar-refractivity contribution in [3.8, 4) is 0 Å². The number of rotatable bonds is 6. The maximum absolute atomic E-state index is 12.9. The van der Waals surface area contributed by atoms with Gasteiger partial charge in [-0.2, -0.15) is 0 Å². The Kier molecular flexibility index (Phi) is 6.69. The third-order valence-electron chi connectivity index (χ3n) is 3.34. The van der Waals surface area contributed by atoms with Crippen LogP contribution >= 0.6 is 12.2 Å². The second-order valence-corrected chi connectivity index (χ2v) is 5.65. The third kappa shape index (κ3) is 5.31. The molecular weight excluding hydrogens is 325 g/mol. The Bertz CT molecular complexity index is 704. The second kappa shape index (κ2) is 8.98. The molecule has 1 amide bonds. The van der Waals surface area contributed by atoms with Crippen LogP contribution in [0.25, 0.3) is 0 Å². The van der Waals surface area contributed by atoms with Gasteiger partial charge < -0.3 is 16.0 Å². The number of carbonyl (C=O) groups is 1. The van der Waals surface area contributed by atoms with Gasteiger partial charge in [-0.05, 0) is 55.0 Å². The number of anilines is 2. The lowest BCUT2D eigenvalue weighted by Gasteiger charge is -2.14. The Hall–Kier alpha value is -2.47. The van der Waals surface area contributed by atoms with Crippen LogP contribution in [0.3, 0.4) is 0 Å². The Labute approximate surface area is 146 Å². The summed E-state index contributed by atoms with van der Waals surface area (Å²) in [7, 11) is 0. The summed E-state index contributed by atoms with van der Waals surface area (Å²) >= 11 is 5.26. The Balaban J connectivity index is 2.02. The van der Waals surface area contributed by atoms with Gasteiger partial charge in [0, 0.05) is 12.2 Å². The van der Waals surface area contributed by atoms with Crippen molar-refractivity contribution in [1.29, 1.82) is 0 Å². The highest BCUT2D eigenvalue weighted by Gasteiger charge is 2.11. The standard InChI is InChI=1S/C18H20FN3OS/c1-2-3-12-20-17(23)15-6-4-5-7-16(15)22-18(24)21-14-10-8-13(19)9-11-14/h4-11H,2-3,12H2,1H3,(H,20,23)(H2,21,22,24). The molecule has 2 aromatic carbocycles. The third-order valence-corrected chi connectivity index (χ3v) is 3.54. The first-order valence-electron chi connectivity index (χ1n) is 7.81. The van der Waals surface area contributed by atoms with Crippen molar-refractivity contribution < 1.29 is 9.18 Å². The SMILES string of the molecule is CCCCNC(=O)c1ccccc1NC(=S)Nc1ccc(F)cc1. The predicted octanol–water partition coefficient (Wildman–Crippen LogP) is 4.16. The van der Waals surface area contributed by atoms with Crippen molar-refractivity contribution in [2.24, 2.45) is 0 Å². The number of unbranched alkanes of at least 4 members (excludes halogenated alkanes) is 1. The van der Waals surface area contributed by atoms with Crippen LogP contribution in [0.1, 0.15) is 30.1 Å². The number of hydrogen-bond acceptors (Lipinski definition) is 2. The molecule has 0 saturated carbocycles. The molecule has 0 saturated heterocycles. The van der Waals surface area contributed by atoms with E-state index in [4.69, 9.17) is 12.2 Å². The highest BCUT2D eigenvalue weighted by Crippen LogP contribution is 2.16. The molecule has 0 radical (unpaired) electrons. The summed E-state index contributed by atoms with van der Waals surface area (Å²) in [6.45, 7) is 2.71. The zero-order valence-electron chi connectivity index (χ0n) is 13.4. The van der Waals surface area contributed by atoms with Crippen molar-refractivity contribution in [3.63, 3.8) is 0 Å². The van der Waals surface area contributed by atoms with E-state index in [0.29, 0.717) is 28.6 Å². The highest BCUT2D eigenvalue weighted by atomic mass is 32.1. The van der Waals surface area contributed by atoms with E-state index < -0.39 is 0 Å². The summed E-state index contributed by atoms with van der Waals surface area (Å²) < 4.78 is 12.9. The molecule has 4 nitrogen and oxygen atoms in total. The number of benzene rings is 2. The minimum absolute atomic E-state index is 0.142. The molecule has 0 fully saturated rings. The van der Waals surface area contributed by atoms with Crippen LogP contribution in [0.2, 0.25) is 0 Å². The molecule has 2 aromatic rings. The average molecular weight is 345 g/mol. The van der Waals surface area contributed by atoms with Gasteiger partial charge >= 0.3 is 0 Å². The Morgan fingerprint density at radius 3 is 2.50 bits per heavy atom. The van der Waals surface area contributed by atoms with Gasteiger partial charge in [0.2, 0.25) is 0 Å². The fraction of sp³-hybridized carbons (Fsp3) is 0.222. The molecule has 0 heterocycles. The summed E-state index contributed by atoms with van der Waals surface area (Å²) in [6, 6.07) is 13.0. The number of thiocarbonyl (C=S) groups is 1. The zero-order chi connectivity index (χ0) is 17.4. The number of hydrogen-bond donors (Lipinski definition) is 3. The van der Waals surface area contributed by atoms with Gasteiger partial charge in [-0.15, -0.1) is 0 Å². The largest absolute Gasteiger partial charge is 0.352 e. The van der Waals surface area contributed by atoms with Gasteiger partial charge in [-0.25, -0.2) is 4.39 Å². The fourth-order valence-electron chi connectivity index (χ4n) is 2.08. The van der Waals surface area contributed by atoms with Gasteiger partial charge in [0.25, 0.3) is 5.91 Å². The van der Waals surface area contributed by atoms with E-state index in [9.17, 15) is 9.18 Å². The minimum atomic E-state index is -0.312. The van der Waals surface area contributed by atoms with E-state index in [2.05, 4.69) is 22.9 Å². The molecule has 0 aromatic heterocycles. The normalized spacial score (nSPS) is 10.1. The molecule has 126 valence electrons. The number of amides is 1. The molecule has 0 atom stereocenters. The van der Waals surface area contributed by atoms with E-state index in [-0.39, 0.29) is 11.7 Å². The molecular formula is C18H20FN3OS. The lowest BCUT2D eigenvalue weighted by molar-refractivity contribution is 0.0954. The monoisotopic (exact) mass is 345 g/mol. The number of carbonyl (C=O) groups excluding carboxylic acids is 1. The predicted molar refractivity (Wildman–Crippen MR) is 99.9 cm³/mol. The van der Waals surface area contributed by atoms with Crippen molar-refractivity contribution in [2.45, 2.75) is 19.8 Å². The van der Waals surface area contributed by atoms with Crippen LogP contribution in [-0.2, 0) is 0 Å². The average Bonchev–Trinajstić information content (AvgIpc) is 2.57. The Morgan fingerprint density at radius 1 is 1.08 bits per heavy atom. The highest BCUT2D eigenvalue weighted by molar-refractivity contribution is 7.80. The van der Waals surface area contributed by atoms with E-state index in [0.717, 1.165) is 12.8 Å². The van der Waals surface area contributed by atoms with Crippen LogP contribution < -0.4 is 16.0 Å².